The first-order chi connectivity index (χ1) is 17.1. The molecule has 1 fully saturated rings. The molecule has 3 rings (SSSR count). The zero-order valence-corrected chi connectivity index (χ0v) is 20.7. The van der Waals surface area contributed by atoms with Crippen molar-refractivity contribution in [3.8, 4) is 0 Å². The molecular weight excluding hydrogens is 479 g/mol. The van der Waals surface area contributed by atoms with Crippen LogP contribution in [0.1, 0.15) is 50.8 Å². The van der Waals surface area contributed by atoms with Crippen LogP contribution in [0.15, 0.2) is 35.5 Å². The minimum Gasteiger partial charge on any atom is -0.466 e. The number of esters is 2. The number of amides is 2. The van der Waals surface area contributed by atoms with Gasteiger partial charge in [0, 0.05) is 25.3 Å². The molecule has 0 bridgehead atoms. The van der Waals surface area contributed by atoms with Crippen LogP contribution < -0.4 is 5.32 Å². The fourth-order valence-electron chi connectivity index (χ4n) is 4.76. The van der Waals surface area contributed by atoms with E-state index in [2.05, 4.69) is 5.32 Å². The summed E-state index contributed by atoms with van der Waals surface area (Å²) in [6, 6.07) is 2.90. The number of alkyl halides is 3. The van der Waals surface area contributed by atoms with Crippen LogP contribution in [0.3, 0.4) is 0 Å². The Kier molecular flexibility index (Phi) is 8.99. The molecule has 0 aliphatic carbocycles. The van der Waals surface area contributed by atoms with Gasteiger partial charge in [-0.3, -0.25) is 14.6 Å². The minimum atomic E-state index is -4.69. The van der Waals surface area contributed by atoms with Crippen LogP contribution in [0.4, 0.5) is 18.0 Å². The SMILES string of the molecule is CCOC(=O)C1=C(CN2CCCC(C(=O)OCC)C2)N(CC)C(=O)NC1c1ccccc1C(F)(F)F. The maximum Gasteiger partial charge on any atom is 0.416 e. The Balaban J connectivity index is 2.09. The van der Waals surface area contributed by atoms with Gasteiger partial charge in [0.05, 0.1) is 36.3 Å². The number of benzene rings is 1. The van der Waals surface area contributed by atoms with E-state index in [1.807, 2.05) is 4.90 Å². The second-order valence-electron chi connectivity index (χ2n) is 8.62. The van der Waals surface area contributed by atoms with E-state index in [0.29, 0.717) is 25.9 Å². The summed E-state index contributed by atoms with van der Waals surface area (Å²) in [5.74, 6) is -1.47. The summed E-state index contributed by atoms with van der Waals surface area (Å²) in [4.78, 5) is 41.8. The molecule has 1 aromatic carbocycles. The van der Waals surface area contributed by atoms with Gasteiger partial charge in [-0.05, 0) is 51.8 Å². The number of halogens is 3. The minimum absolute atomic E-state index is 0.0119. The van der Waals surface area contributed by atoms with E-state index in [1.165, 1.54) is 23.1 Å². The third-order valence-electron chi connectivity index (χ3n) is 6.33. The molecule has 8 nitrogen and oxygen atoms in total. The van der Waals surface area contributed by atoms with Gasteiger partial charge in [0.15, 0.2) is 0 Å². The molecule has 36 heavy (non-hydrogen) atoms. The van der Waals surface area contributed by atoms with Crippen molar-refractivity contribution in [3.63, 3.8) is 0 Å². The number of carbonyl (C=O) groups is 3. The molecule has 1 aromatic rings. The van der Waals surface area contributed by atoms with Gasteiger partial charge in [-0.2, -0.15) is 13.2 Å². The Morgan fingerprint density at radius 2 is 1.81 bits per heavy atom. The lowest BCUT2D eigenvalue weighted by atomic mass is 9.90. The van der Waals surface area contributed by atoms with Gasteiger partial charge in [-0.1, -0.05) is 18.2 Å². The van der Waals surface area contributed by atoms with E-state index in [1.54, 1.807) is 20.8 Å². The molecule has 2 unspecified atom stereocenters. The molecule has 0 spiro atoms. The van der Waals surface area contributed by atoms with Crippen molar-refractivity contribution < 1.29 is 37.0 Å². The number of hydrogen-bond acceptors (Lipinski definition) is 6. The summed E-state index contributed by atoms with van der Waals surface area (Å²) in [5, 5.41) is 2.58. The summed E-state index contributed by atoms with van der Waals surface area (Å²) >= 11 is 0. The average Bonchev–Trinajstić information content (AvgIpc) is 2.84. The normalized spacial score (nSPS) is 21.3. The van der Waals surface area contributed by atoms with Gasteiger partial charge in [-0.15, -0.1) is 0 Å². The van der Waals surface area contributed by atoms with E-state index in [9.17, 15) is 27.6 Å². The van der Waals surface area contributed by atoms with E-state index >= 15 is 0 Å². The number of nitrogens with one attached hydrogen (secondary N) is 1. The van der Waals surface area contributed by atoms with E-state index in [0.717, 1.165) is 6.07 Å². The molecule has 0 radical (unpaired) electrons. The number of piperidine rings is 1. The molecular formula is C25H32F3N3O5. The maximum absolute atomic E-state index is 13.9. The van der Waals surface area contributed by atoms with Crippen LogP contribution in [0.25, 0.3) is 0 Å². The standard InChI is InChI=1S/C25H32F3N3O5/c1-4-31-19(15-30-13-9-10-16(14-30)22(32)35-5-2)20(23(33)36-6-3)21(29-24(31)34)17-11-7-8-12-18(17)25(26,27)28/h7-8,11-12,16,21H,4-6,9-10,13-15H2,1-3H3,(H,29,34). The van der Waals surface area contributed by atoms with Crippen molar-refractivity contribution in [2.45, 2.75) is 45.8 Å². The topological polar surface area (TPSA) is 88.2 Å². The first-order valence-electron chi connectivity index (χ1n) is 12.2. The molecule has 198 valence electrons. The monoisotopic (exact) mass is 511 g/mol. The van der Waals surface area contributed by atoms with E-state index in [-0.39, 0.29) is 55.0 Å². The molecule has 2 heterocycles. The summed E-state index contributed by atoms with van der Waals surface area (Å²) < 4.78 is 52.0. The van der Waals surface area contributed by atoms with E-state index < -0.39 is 29.8 Å². The smallest absolute Gasteiger partial charge is 0.416 e. The first kappa shape index (κ1) is 27.5. The zero-order chi connectivity index (χ0) is 26.5. The lowest BCUT2D eigenvalue weighted by molar-refractivity contribution is -0.150. The predicted molar refractivity (Wildman–Crippen MR) is 125 cm³/mol. The van der Waals surface area contributed by atoms with Crippen molar-refractivity contribution >= 4 is 18.0 Å². The van der Waals surface area contributed by atoms with Gasteiger partial charge < -0.3 is 14.8 Å². The third kappa shape index (κ3) is 6.00. The molecule has 0 saturated carbocycles. The second-order valence-corrected chi connectivity index (χ2v) is 8.62. The number of likely N-dealkylation sites (tertiary alicyclic amines) is 1. The van der Waals surface area contributed by atoms with Gasteiger partial charge in [0.25, 0.3) is 0 Å². The quantitative estimate of drug-likeness (QED) is 0.533. The fourth-order valence-corrected chi connectivity index (χ4v) is 4.76. The highest BCUT2D eigenvalue weighted by atomic mass is 19.4. The summed E-state index contributed by atoms with van der Waals surface area (Å²) in [7, 11) is 0. The van der Waals surface area contributed by atoms with Crippen LogP contribution in [-0.4, -0.2) is 67.2 Å². The molecule has 2 aliphatic heterocycles. The molecule has 1 N–H and O–H groups in total. The van der Waals surface area contributed by atoms with Crippen LogP contribution in [-0.2, 0) is 25.2 Å². The number of rotatable bonds is 8. The number of likely N-dealkylation sites (N-methyl/N-ethyl adjacent to an activating group) is 1. The lowest BCUT2D eigenvalue weighted by Crippen LogP contribution is -2.52. The fraction of sp³-hybridized carbons (Fsp3) is 0.560. The largest absolute Gasteiger partial charge is 0.466 e. The number of carbonyl (C=O) groups excluding carboxylic acids is 3. The third-order valence-corrected chi connectivity index (χ3v) is 6.33. The summed E-state index contributed by atoms with van der Waals surface area (Å²) in [6.07, 6.45) is -3.34. The average molecular weight is 512 g/mol. The number of nitrogens with zero attached hydrogens (tertiary/aromatic N) is 2. The summed E-state index contributed by atoms with van der Waals surface area (Å²) in [5.41, 5.74) is -0.959. The van der Waals surface area contributed by atoms with Crippen molar-refractivity contribution in [1.82, 2.24) is 15.1 Å². The number of hydrogen-bond donors (Lipinski definition) is 1. The molecule has 2 amide bonds. The van der Waals surface area contributed by atoms with E-state index in [4.69, 9.17) is 9.47 Å². The number of ether oxygens (including phenoxy) is 2. The predicted octanol–water partition coefficient (Wildman–Crippen LogP) is 3.88. The Labute approximate surface area is 208 Å². The van der Waals surface area contributed by atoms with Gasteiger partial charge in [0.2, 0.25) is 0 Å². The first-order valence-corrected chi connectivity index (χ1v) is 12.2. The highest BCUT2D eigenvalue weighted by Crippen LogP contribution is 2.39. The highest BCUT2D eigenvalue weighted by molar-refractivity contribution is 5.95. The molecule has 0 aromatic heterocycles. The van der Waals surface area contributed by atoms with Crippen LogP contribution in [0.2, 0.25) is 0 Å². The van der Waals surface area contributed by atoms with Crippen molar-refractivity contribution in [3.05, 3.63) is 46.7 Å². The Morgan fingerprint density at radius 3 is 2.44 bits per heavy atom. The second kappa shape index (κ2) is 11.8. The Morgan fingerprint density at radius 1 is 1.11 bits per heavy atom. The highest BCUT2D eigenvalue weighted by Gasteiger charge is 2.43. The van der Waals surface area contributed by atoms with Gasteiger partial charge >= 0.3 is 24.1 Å². The number of urea groups is 1. The van der Waals surface area contributed by atoms with Crippen LogP contribution in [0, 0.1) is 5.92 Å². The van der Waals surface area contributed by atoms with Crippen molar-refractivity contribution in [1.29, 1.82) is 0 Å². The molecule has 11 heteroatoms. The van der Waals surface area contributed by atoms with Gasteiger partial charge in [-0.25, -0.2) is 9.59 Å². The molecule has 2 aliphatic rings. The Bertz CT molecular complexity index is 1010. The molecule has 1 saturated heterocycles. The van der Waals surface area contributed by atoms with Crippen molar-refractivity contribution in [2.75, 3.05) is 39.4 Å². The van der Waals surface area contributed by atoms with Crippen molar-refractivity contribution in [2.24, 2.45) is 5.92 Å². The van der Waals surface area contributed by atoms with Gasteiger partial charge in [0.1, 0.15) is 0 Å². The zero-order valence-electron chi connectivity index (χ0n) is 20.7. The lowest BCUT2D eigenvalue weighted by Gasteiger charge is -2.40. The Hall–Kier alpha value is -3.08. The van der Waals surface area contributed by atoms with Crippen LogP contribution >= 0.6 is 0 Å². The maximum atomic E-state index is 13.9. The van der Waals surface area contributed by atoms with Crippen LogP contribution in [0.5, 0.6) is 0 Å². The molecule has 2 atom stereocenters. The summed E-state index contributed by atoms with van der Waals surface area (Å²) in [6.45, 7) is 6.54.